The Morgan fingerprint density at radius 3 is 2.47 bits per heavy atom. The fourth-order valence-electron chi connectivity index (χ4n) is 0.959. The topological polar surface area (TPSA) is 38.7 Å². The minimum atomic E-state index is -3.11. The molecule has 1 rings (SSSR count). The van der Waals surface area contributed by atoms with Crippen LogP contribution in [0, 0.1) is 0 Å². The molecule has 0 aliphatic rings. The SMILES string of the molecule is CCOP(O)(=S)Oc1ccc(SC)cc1. The van der Waals surface area contributed by atoms with Crippen molar-refractivity contribution in [3.05, 3.63) is 24.3 Å². The zero-order valence-corrected chi connectivity index (χ0v) is 11.1. The van der Waals surface area contributed by atoms with Gasteiger partial charge in [0, 0.05) is 16.7 Å². The highest BCUT2D eigenvalue weighted by Gasteiger charge is 2.15. The van der Waals surface area contributed by atoms with Gasteiger partial charge in [-0.15, -0.1) is 11.8 Å². The Labute approximate surface area is 99.1 Å². The van der Waals surface area contributed by atoms with Gasteiger partial charge in [0.15, 0.2) is 0 Å². The van der Waals surface area contributed by atoms with Crippen LogP contribution in [0.15, 0.2) is 29.2 Å². The first-order chi connectivity index (χ1) is 7.07. The second-order valence-electron chi connectivity index (χ2n) is 2.65. The maximum Gasteiger partial charge on any atom is 0.377 e. The molecule has 6 heteroatoms. The molecule has 0 amide bonds. The van der Waals surface area contributed by atoms with Crippen LogP contribution in [0.3, 0.4) is 0 Å². The predicted octanol–water partition coefficient (Wildman–Crippen LogP) is 3.04. The van der Waals surface area contributed by atoms with Crippen LogP contribution in [0.2, 0.25) is 0 Å². The van der Waals surface area contributed by atoms with Crippen LogP contribution in [-0.2, 0) is 16.3 Å². The summed E-state index contributed by atoms with van der Waals surface area (Å²) in [5.41, 5.74) is 0. The maximum absolute atomic E-state index is 9.57. The molecule has 1 unspecified atom stereocenters. The van der Waals surface area contributed by atoms with Crippen molar-refractivity contribution in [2.75, 3.05) is 12.9 Å². The van der Waals surface area contributed by atoms with E-state index in [-0.39, 0.29) is 0 Å². The highest BCUT2D eigenvalue weighted by molar-refractivity contribution is 8.07. The summed E-state index contributed by atoms with van der Waals surface area (Å²) in [5.74, 6) is 0.534. The maximum atomic E-state index is 9.57. The van der Waals surface area contributed by atoms with E-state index in [1.165, 1.54) is 0 Å². The van der Waals surface area contributed by atoms with Gasteiger partial charge in [0.25, 0.3) is 0 Å². The number of rotatable bonds is 5. The second-order valence-corrected chi connectivity index (χ2v) is 6.30. The molecule has 1 atom stereocenters. The van der Waals surface area contributed by atoms with Crippen LogP contribution in [0.1, 0.15) is 6.92 Å². The third-order valence-corrected chi connectivity index (χ3v) is 3.88. The largest absolute Gasteiger partial charge is 0.424 e. The van der Waals surface area contributed by atoms with E-state index in [0.717, 1.165) is 4.90 Å². The fourth-order valence-corrected chi connectivity index (χ4v) is 2.71. The first-order valence-electron chi connectivity index (χ1n) is 4.38. The van der Waals surface area contributed by atoms with Gasteiger partial charge in [-0.3, -0.25) is 4.52 Å². The molecule has 0 saturated heterocycles. The van der Waals surface area contributed by atoms with Crippen molar-refractivity contribution in [3.8, 4) is 5.75 Å². The van der Waals surface area contributed by atoms with Crippen LogP contribution in [-0.4, -0.2) is 17.8 Å². The summed E-state index contributed by atoms with van der Waals surface area (Å²) in [6.07, 6.45) is 1.99. The molecule has 0 bridgehead atoms. The molecule has 0 saturated carbocycles. The molecule has 1 aromatic rings. The zero-order valence-electron chi connectivity index (χ0n) is 8.54. The summed E-state index contributed by atoms with van der Waals surface area (Å²) < 4.78 is 10.1. The van der Waals surface area contributed by atoms with E-state index in [9.17, 15) is 4.89 Å². The Hall–Kier alpha value is -0.0600. The third kappa shape index (κ3) is 4.53. The molecule has 84 valence electrons. The molecule has 0 heterocycles. The van der Waals surface area contributed by atoms with Gasteiger partial charge in [-0.1, -0.05) is 0 Å². The molecule has 15 heavy (non-hydrogen) atoms. The number of benzene rings is 1. The fraction of sp³-hybridized carbons (Fsp3) is 0.333. The summed E-state index contributed by atoms with van der Waals surface area (Å²) in [6.45, 7) is -1.01. The Kier molecular flexibility index (Phi) is 5.09. The van der Waals surface area contributed by atoms with Crippen LogP contribution < -0.4 is 4.52 Å². The number of hydrogen-bond donors (Lipinski definition) is 1. The molecular weight excluding hydrogens is 251 g/mol. The van der Waals surface area contributed by atoms with Crippen LogP contribution in [0.5, 0.6) is 5.75 Å². The van der Waals surface area contributed by atoms with Gasteiger partial charge in [0.05, 0.1) is 6.61 Å². The van der Waals surface area contributed by atoms with Gasteiger partial charge in [0.1, 0.15) is 5.75 Å². The van der Waals surface area contributed by atoms with Crippen LogP contribution in [0.25, 0.3) is 0 Å². The highest BCUT2D eigenvalue weighted by atomic mass is 32.5. The zero-order chi connectivity index (χ0) is 11.3. The van der Waals surface area contributed by atoms with Crippen molar-refractivity contribution in [2.24, 2.45) is 0 Å². The average molecular weight is 264 g/mol. The van der Waals surface area contributed by atoms with E-state index in [2.05, 4.69) is 0 Å². The Balaban J connectivity index is 2.68. The normalized spacial score (nSPS) is 14.6. The Morgan fingerprint density at radius 2 is 2.00 bits per heavy atom. The minimum Gasteiger partial charge on any atom is -0.424 e. The second kappa shape index (κ2) is 5.87. The van der Waals surface area contributed by atoms with Gasteiger partial charge in [-0.05, 0) is 37.4 Å². The van der Waals surface area contributed by atoms with Crippen LogP contribution >= 0.6 is 18.5 Å². The standard InChI is InChI=1S/C9H13O3PS2/c1-3-11-13(10,14)12-8-4-6-9(15-2)7-5-8/h4-7H,3H2,1-2H3,(H,10,14). The van der Waals surface area contributed by atoms with Crippen molar-refractivity contribution in [1.82, 2.24) is 0 Å². The molecule has 0 radical (unpaired) electrons. The molecular formula is C9H13O3PS2. The van der Waals surface area contributed by atoms with E-state index < -0.39 is 6.72 Å². The molecule has 1 N–H and O–H groups in total. The summed E-state index contributed by atoms with van der Waals surface area (Å²) in [7, 11) is 0. The first kappa shape index (κ1) is 13.0. The van der Waals surface area contributed by atoms with E-state index in [4.69, 9.17) is 20.9 Å². The monoisotopic (exact) mass is 264 g/mol. The molecule has 0 aliphatic carbocycles. The quantitative estimate of drug-likeness (QED) is 0.653. The van der Waals surface area contributed by atoms with Crippen molar-refractivity contribution >= 4 is 30.3 Å². The van der Waals surface area contributed by atoms with E-state index >= 15 is 0 Å². The van der Waals surface area contributed by atoms with Crippen LogP contribution in [0.4, 0.5) is 0 Å². The predicted molar refractivity (Wildman–Crippen MR) is 67.0 cm³/mol. The minimum absolute atomic E-state index is 0.344. The van der Waals surface area contributed by atoms with Crippen molar-refractivity contribution in [1.29, 1.82) is 0 Å². The molecule has 1 aromatic carbocycles. The van der Waals surface area contributed by atoms with Gasteiger partial charge in [-0.2, -0.15) is 0 Å². The van der Waals surface area contributed by atoms with Gasteiger partial charge in [0.2, 0.25) is 0 Å². The van der Waals surface area contributed by atoms with Crippen molar-refractivity contribution in [3.63, 3.8) is 0 Å². The molecule has 0 spiro atoms. The highest BCUT2D eigenvalue weighted by Crippen LogP contribution is 2.44. The third-order valence-electron chi connectivity index (χ3n) is 1.57. The molecule has 0 aromatic heterocycles. The lowest BCUT2D eigenvalue weighted by Gasteiger charge is -2.15. The van der Waals surface area contributed by atoms with Crippen molar-refractivity contribution < 1.29 is 13.9 Å². The summed E-state index contributed by atoms with van der Waals surface area (Å²) in [5, 5.41) is 0. The molecule has 0 fully saturated rings. The Morgan fingerprint density at radius 1 is 1.40 bits per heavy atom. The lowest BCUT2D eigenvalue weighted by atomic mass is 10.3. The lowest BCUT2D eigenvalue weighted by molar-refractivity contribution is 0.271. The average Bonchev–Trinajstić information content (AvgIpc) is 2.18. The van der Waals surface area contributed by atoms with Crippen molar-refractivity contribution in [2.45, 2.75) is 11.8 Å². The van der Waals surface area contributed by atoms with E-state index in [1.54, 1.807) is 30.8 Å². The van der Waals surface area contributed by atoms with Gasteiger partial charge >= 0.3 is 6.72 Å². The molecule has 0 aliphatic heterocycles. The number of hydrogen-bond acceptors (Lipinski definition) is 4. The smallest absolute Gasteiger partial charge is 0.377 e. The van der Waals surface area contributed by atoms with Gasteiger partial charge in [-0.25, -0.2) is 0 Å². The summed E-state index contributed by atoms with van der Waals surface area (Å²) >= 11 is 6.44. The summed E-state index contributed by atoms with van der Waals surface area (Å²) in [4.78, 5) is 10.7. The summed E-state index contributed by atoms with van der Waals surface area (Å²) in [6, 6.07) is 7.34. The molecule has 3 nitrogen and oxygen atoms in total. The first-order valence-corrected chi connectivity index (χ1v) is 8.20. The lowest BCUT2D eigenvalue weighted by Crippen LogP contribution is -1.96. The Bertz CT molecular complexity index is 353. The number of thioether (sulfide) groups is 1. The van der Waals surface area contributed by atoms with E-state index in [1.807, 2.05) is 18.4 Å². The van der Waals surface area contributed by atoms with E-state index in [0.29, 0.717) is 12.4 Å². The van der Waals surface area contributed by atoms with Gasteiger partial charge < -0.3 is 9.42 Å².